The summed E-state index contributed by atoms with van der Waals surface area (Å²) in [5.41, 5.74) is 4.48. The van der Waals surface area contributed by atoms with E-state index in [1.165, 1.54) is 6.21 Å². The molecule has 3 rings (SSSR count). The molecule has 12 heteroatoms. The van der Waals surface area contributed by atoms with Gasteiger partial charge >= 0.3 is 11.9 Å². The summed E-state index contributed by atoms with van der Waals surface area (Å²) in [7, 11) is 0. The van der Waals surface area contributed by atoms with Crippen LogP contribution in [0.4, 0.5) is 0 Å². The lowest BCUT2D eigenvalue weighted by atomic mass is 9.95. The maximum absolute atomic E-state index is 12.7. The maximum atomic E-state index is 12.7. The topological polar surface area (TPSA) is 137 Å². The second kappa shape index (κ2) is 14.5. The Balaban J connectivity index is 1.65. The number of hydrazone groups is 1. The molecule has 1 heterocycles. The molecule has 39 heavy (non-hydrogen) atoms. The Morgan fingerprint density at radius 2 is 1.64 bits per heavy atom. The lowest BCUT2D eigenvalue weighted by Gasteiger charge is -2.30. The Morgan fingerprint density at radius 1 is 0.974 bits per heavy atom. The minimum Gasteiger partial charge on any atom is -0.483 e. The van der Waals surface area contributed by atoms with E-state index in [-0.39, 0.29) is 26.4 Å². The number of para-hydroxylation sites is 2. The van der Waals surface area contributed by atoms with Crippen molar-refractivity contribution < 1.29 is 33.3 Å². The van der Waals surface area contributed by atoms with E-state index in [1.807, 2.05) is 0 Å². The fourth-order valence-corrected chi connectivity index (χ4v) is 3.94. The van der Waals surface area contributed by atoms with Crippen LogP contribution in [0, 0.1) is 0 Å². The van der Waals surface area contributed by atoms with Gasteiger partial charge in [0.05, 0.1) is 31.0 Å². The smallest absolute Gasteiger partial charge is 0.344 e. The molecular formula is C27H30N4O7S. The van der Waals surface area contributed by atoms with Crippen molar-refractivity contribution in [2.24, 2.45) is 5.10 Å². The first-order valence-electron chi connectivity index (χ1n) is 12.2. The normalized spacial score (nSPS) is 14.7. The summed E-state index contributed by atoms with van der Waals surface area (Å²) >= 11 is 5.29. The fourth-order valence-electron chi connectivity index (χ4n) is 3.66. The number of esters is 2. The molecule has 11 nitrogen and oxygen atoms in total. The summed E-state index contributed by atoms with van der Waals surface area (Å²) in [5, 5.41) is 10.3. The number of ether oxygens (including phenoxy) is 4. The molecule has 0 aromatic heterocycles. The van der Waals surface area contributed by atoms with Crippen molar-refractivity contribution in [2.75, 3.05) is 26.4 Å². The average molecular weight is 555 g/mol. The van der Waals surface area contributed by atoms with Crippen molar-refractivity contribution in [1.82, 2.24) is 16.1 Å². The molecule has 1 aliphatic heterocycles. The van der Waals surface area contributed by atoms with Gasteiger partial charge in [0.15, 0.2) is 18.3 Å². The van der Waals surface area contributed by atoms with Gasteiger partial charge in [0.2, 0.25) is 0 Å². The quantitative estimate of drug-likeness (QED) is 0.155. The van der Waals surface area contributed by atoms with Crippen molar-refractivity contribution >= 4 is 41.4 Å². The van der Waals surface area contributed by atoms with Gasteiger partial charge in [-0.3, -0.25) is 4.79 Å². The molecule has 1 amide bonds. The minimum absolute atomic E-state index is 0.216. The Morgan fingerprint density at radius 3 is 2.38 bits per heavy atom. The van der Waals surface area contributed by atoms with E-state index in [9.17, 15) is 14.4 Å². The molecule has 2 aromatic carbocycles. The standard InChI is InChI=1S/C27H30N4O7S/c1-4-35-23(33)16-38-20-12-8-6-10-18(20)14-28-31-22(32)15-37-21-13-9-7-11-19(21)25-24(26(34)36-5-2)17(3)29-27(39)30-25/h6-14,25H,4-5,15-16H2,1-3H3,(H,31,32)(H2,29,30,39)/t25-/m1/s1. The number of amides is 1. The van der Waals surface area contributed by atoms with E-state index in [4.69, 9.17) is 31.2 Å². The van der Waals surface area contributed by atoms with Gasteiger partial charge in [-0.05, 0) is 51.2 Å². The van der Waals surface area contributed by atoms with Gasteiger partial charge < -0.3 is 29.6 Å². The molecular weight excluding hydrogens is 524 g/mol. The highest BCUT2D eigenvalue weighted by Crippen LogP contribution is 2.33. The predicted molar refractivity (Wildman–Crippen MR) is 147 cm³/mol. The second-order valence-electron chi connectivity index (χ2n) is 8.04. The van der Waals surface area contributed by atoms with Crippen molar-refractivity contribution in [2.45, 2.75) is 26.8 Å². The highest BCUT2D eigenvalue weighted by molar-refractivity contribution is 7.80. The van der Waals surface area contributed by atoms with Gasteiger partial charge in [0.1, 0.15) is 11.5 Å². The first-order valence-corrected chi connectivity index (χ1v) is 12.6. The van der Waals surface area contributed by atoms with Gasteiger partial charge in [-0.1, -0.05) is 30.3 Å². The Kier molecular flexibility index (Phi) is 10.8. The maximum Gasteiger partial charge on any atom is 0.344 e. The zero-order valence-electron chi connectivity index (χ0n) is 21.8. The molecule has 0 bridgehead atoms. The summed E-state index contributed by atoms with van der Waals surface area (Å²) in [6, 6.07) is 13.3. The molecule has 0 saturated heterocycles. The first-order chi connectivity index (χ1) is 18.8. The number of allylic oxidation sites excluding steroid dienone is 1. The average Bonchev–Trinajstić information content (AvgIpc) is 2.91. The summed E-state index contributed by atoms with van der Waals surface area (Å²) in [6.45, 7) is 5.06. The number of rotatable bonds is 12. The fraction of sp³-hybridized carbons (Fsp3) is 0.296. The van der Waals surface area contributed by atoms with E-state index in [0.29, 0.717) is 39.0 Å². The second-order valence-corrected chi connectivity index (χ2v) is 8.45. The van der Waals surface area contributed by atoms with Crippen molar-refractivity contribution in [3.05, 3.63) is 70.9 Å². The number of carbonyl (C=O) groups excluding carboxylic acids is 3. The SMILES string of the molecule is CCOC(=O)COc1ccccc1C=NNC(=O)COc1ccccc1[C@H]1NC(=S)NC(C)=C1C(=O)OCC. The molecule has 0 saturated carbocycles. The van der Waals surface area contributed by atoms with E-state index < -0.39 is 23.9 Å². The molecule has 0 aliphatic carbocycles. The van der Waals surface area contributed by atoms with E-state index in [1.54, 1.807) is 69.3 Å². The van der Waals surface area contributed by atoms with Gasteiger partial charge in [-0.15, -0.1) is 0 Å². The molecule has 0 unspecified atom stereocenters. The van der Waals surface area contributed by atoms with Crippen LogP contribution in [-0.2, 0) is 23.9 Å². The van der Waals surface area contributed by atoms with Gasteiger partial charge in [0, 0.05) is 16.8 Å². The van der Waals surface area contributed by atoms with E-state index in [0.717, 1.165) is 0 Å². The van der Waals surface area contributed by atoms with Gasteiger partial charge in [0.25, 0.3) is 5.91 Å². The molecule has 3 N–H and O–H groups in total. The zero-order valence-corrected chi connectivity index (χ0v) is 22.6. The van der Waals surface area contributed by atoms with Crippen LogP contribution < -0.4 is 25.5 Å². The van der Waals surface area contributed by atoms with Crippen LogP contribution in [0.25, 0.3) is 0 Å². The first kappa shape index (κ1) is 29.1. The zero-order chi connectivity index (χ0) is 28.2. The largest absolute Gasteiger partial charge is 0.483 e. The summed E-state index contributed by atoms with van der Waals surface area (Å²) in [6.07, 6.45) is 1.39. The number of hydrogen-bond donors (Lipinski definition) is 3. The van der Waals surface area contributed by atoms with Gasteiger partial charge in [-0.2, -0.15) is 5.10 Å². The lowest BCUT2D eigenvalue weighted by molar-refractivity contribution is -0.145. The van der Waals surface area contributed by atoms with Crippen molar-refractivity contribution in [3.8, 4) is 11.5 Å². The van der Waals surface area contributed by atoms with Crippen LogP contribution in [0.5, 0.6) is 11.5 Å². The number of nitrogens with one attached hydrogen (secondary N) is 3. The summed E-state index contributed by atoms with van der Waals surface area (Å²) in [4.78, 5) is 36.7. The highest BCUT2D eigenvalue weighted by Gasteiger charge is 2.32. The lowest BCUT2D eigenvalue weighted by Crippen LogP contribution is -2.45. The third-order valence-electron chi connectivity index (χ3n) is 5.32. The third-order valence-corrected chi connectivity index (χ3v) is 5.54. The molecule has 206 valence electrons. The molecule has 0 fully saturated rings. The van der Waals surface area contributed by atoms with Crippen molar-refractivity contribution in [3.63, 3.8) is 0 Å². The van der Waals surface area contributed by atoms with E-state index in [2.05, 4.69) is 21.2 Å². The number of thiocarbonyl (C=S) groups is 1. The van der Waals surface area contributed by atoms with Crippen LogP contribution in [0.1, 0.15) is 37.9 Å². The number of nitrogens with zero attached hydrogens (tertiary/aromatic N) is 1. The molecule has 0 radical (unpaired) electrons. The number of hydrogen-bond acceptors (Lipinski definition) is 9. The Bertz CT molecular complexity index is 1280. The minimum atomic E-state index is -0.638. The highest BCUT2D eigenvalue weighted by atomic mass is 32.1. The molecule has 2 aromatic rings. The van der Waals surface area contributed by atoms with Crippen molar-refractivity contribution in [1.29, 1.82) is 0 Å². The number of benzene rings is 2. The molecule has 0 spiro atoms. The van der Waals surface area contributed by atoms with Crippen LogP contribution in [0.15, 0.2) is 64.9 Å². The van der Waals surface area contributed by atoms with Crippen LogP contribution in [-0.4, -0.2) is 55.6 Å². The van der Waals surface area contributed by atoms with Gasteiger partial charge in [-0.25, -0.2) is 15.0 Å². The third kappa shape index (κ3) is 8.27. The molecule has 1 aliphatic rings. The van der Waals surface area contributed by atoms with Crippen LogP contribution in [0.3, 0.4) is 0 Å². The summed E-state index contributed by atoms with van der Waals surface area (Å²) < 4.78 is 21.4. The van der Waals surface area contributed by atoms with Crippen LogP contribution in [0.2, 0.25) is 0 Å². The Labute approximate surface area is 231 Å². The van der Waals surface area contributed by atoms with E-state index >= 15 is 0 Å². The van der Waals surface area contributed by atoms with Crippen LogP contribution >= 0.6 is 12.2 Å². The molecule has 1 atom stereocenters. The Hall–Kier alpha value is -4.45. The summed E-state index contributed by atoms with van der Waals surface area (Å²) in [5.74, 6) is -0.711. The predicted octanol–water partition coefficient (Wildman–Crippen LogP) is 2.51. The number of carbonyl (C=O) groups is 3. The monoisotopic (exact) mass is 554 g/mol.